The van der Waals surface area contributed by atoms with Crippen molar-refractivity contribution in [3.8, 4) is 6.07 Å². The van der Waals surface area contributed by atoms with Gasteiger partial charge in [0.1, 0.15) is 0 Å². The molecule has 2 aromatic carbocycles. The number of amides is 1. The van der Waals surface area contributed by atoms with Crippen molar-refractivity contribution >= 4 is 35.2 Å². The number of halogens is 2. The molecular weight excluding hydrogens is 319 g/mol. The van der Waals surface area contributed by atoms with E-state index in [0.717, 1.165) is 5.56 Å². The van der Waals surface area contributed by atoms with Crippen molar-refractivity contribution in [1.29, 1.82) is 5.26 Å². The lowest BCUT2D eigenvalue weighted by Crippen LogP contribution is -2.32. The molecule has 1 aliphatic rings. The van der Waals surface area contributed by atoms with Crippen LogP contribution >= 0.6 is 23.2 Å². The number of nitrogens with zero attached hydrogens (tertiary/aromatic N) is 2. The highest BCUT2D eigenvalue weighted by atomic mass is 35.5. The zero-order valence-electron chi connectivity index (χ0n) is 11.3. The second kappa shape index (κ2) is 5.84. The summed E-state index contributed by atoms with van der Waals surface area (Å²) in [4.78, 5) is 14.0. The molecule has 0 saturated carbocycles. The van der Waals surface area contributed by atoms with Crippen LogP contribution < -0.4 is 0 Å². The number of fused-ring (bicyclic) bond motifs is 1. The summed E-state index contributed by atoms with van der Waals surface area (Å²) in [6, 6.07) is 13.6. The summed E-state index contributed by atoms with van der Waals surface area (Å²) in [6.45, 7) is 0. The van der Waals surface area contributed by atoms with Gasteiger partial charge in [-0.15, -0.1) is 0 Å². The molecule has 108 valence electrons. The third kappa shape index (κ3) is 2.37. The number of benzene rings is 2. The molecule has 1 unspecified atom stereocenters. The van der Waals surface area contributed by atoms with Crippen LogP contribution in [0, 0.1) is 11.3 Å². The topological polar surface area (TPSA) is 44.1 Å². The van der Waals surface area contributed by atoms with Crippen molar-refractivity contribution in [2.45, 2.75) is 6.04 Å². The molecule has 1 aliphatic heterocycles. The standard InChI is InChI=1S/C17H10Cl2N2O/c18-13-7-6-11-8-9-21(14(10-20)15(11)16(13)19)17(22)12-4-2-1-3-5-12/h1-9,14H. The minimum absolute atomic E-state index is 0.259. The Kier molecular flexibility index (Phi) is 3.89. The van der Waals surface area contributed by atoms with Gasteiger partial charge in [0, 0.05) is 17.3 Å². The van der Waals surface area contributed by atoms with Crippen molar-refractivity contribution in [1.82, 2.24) is 4.90 Å². The van der Waals surface area contributed by atoms with Gasteiger partial charge in [-0.05, 0) is 29.8 Å². The third-order valence-corrected chi connectivity index (χ3v) is 4.33. The first-order chi connectivity index (χ1) is 10.6. The van der Waals surface area contributed by atoms with Gasteiger partial charge in [0.05, 0.1) is 16.1 Å². The van der Waals surface area contributed by atoms with Crippen molar-refractivity contribution in [3.63, 3.8) is 0 Å². The van der Waals surface area contributed by atoms with Crippen LogP contribution in [-0.2, 0) is 0 Å². The Balaban J connectivity index is 2.08. The van der Waals surface area contributed by atoms with E-state index in [1.165, 1.54) is 4.90 Å². The van der Waals surface area contributed by atoms with Crippen LogP contribution in [0.3, 0.4) is 0 Å². The molecule has 0 aliphatic carbocycles. The summed E-state index contributed by atoms with van der Waals surface area (Å²) in [5, 5.41) is 10.2. The maximum Gasteiger partial charge on any atom is 0.259 e. The number of hydrogen-bond acceptors (Lipinski definition) is 2. The molecule has 0 radical (unpaired) electrons. The quantitative estimate of drug-likeness (QED) is 0.762. The van der Waals surface area contributed by atoms with Crippen LogP contribution in [0.4, 0.5) is 0 Å². The van der Waals surface area contributed by atoms with Crippen LogP contribution in [0.25, 0.3) is 6.08 Å². The lowest BCUT2D eigenvalue weighted by molar-refractivity contribution is 0.0794. The smallest absolute Gasteiger partial charge is 0.259 e. The van der Waals surface area contributed by atoms with E-state index in [1.807, 2.05) is 6.07 Å². The average molecular weight is 329 g/mol. The van der Waals surface area contributed by atoms with E-state index in [1.54, 1.807) is 48.7 Å². The molecule has 5 heteroatoms. The molecule has 1 atom stereocenters. The zero-order chi connectivity index (χ0) is 15.7. The molecule has 0 fully saturated rings. The highest BCUT2D eigenvalue weighted by Crippen LogP contribution is 2.39. The van der Waals surface area contributed by atoms with E-state index in [0.29, 0.717) is 21.2 Å². The molecule has 0 spiro atoms. The van der Waals surface area contributed by atoms with Gasteiger partial charge < -0.3 is 0 Å². The Hall–Kier alpha value is -2.28. The van der Waals surface area contributed by atoms with E-state index in [2.05, 4.69) is 6.07 Å². The van der Waals surface area contributed by atoms with E-state index in [4.69, 9.17) is 23.2 Å². The van der Waals surface area contributed by atoms with Gasteiger partial charge >= 0.3 is 0 Å². The predicted molar refractivity (Wildman–Crippen MR) is 86.5 cm³/mol. The number of carbonyl (C=O) groups is 1. The van der Waals surface area contributed by atoms with Crippen LogP contribution in [-0.4, -0.2) is 10.8 Å². The normalized spacial score (nSPS) is 16.0. The summed E-state index contributed by atoms with van der Waals surface area (Å²) in [5.41, 5.74) is 1.86. The molecule has 0 aromatic heterocycles. The first-order valence-corrected chi connectivity index (χ1v) is 7.32. The van der Waals surface area contributed by atoms with Crippen molar-refractivity contribution in [2.24, 2.45) is 0 Å². The fourth-order valence-corrected chi connectivity index (χ4v) is 2.87. The summed E-state index contributed by atoms with van der Waals surface area (Å²) < 4.78 is 0. The number of nitriles is 1. The van der Waals surface area contributed by atoms with Gasteiger partial charge in [-0.3, -0.25) is 9.69 Å². The minimum Gasteiger partial charge on any atom is -0.294 e. The van der Waals surface area contributed by atoms with E-state index >= 15 is 0 Å². The second-order valence-corrected chi connectivity index (χ2v) is 5.58. The number of carbonyl (C=O) groups excluding carboxylic acids is 1. The third-order valence-electron chi connectivity index (χ3n) is 3.51. The molecule has 22 heavy (non-hydrogen) atoms. The molecule has 2 aromatic rings. The van der Waals surface area contributed by atoms with Gasteiger partial charge in [-0.25, -0.2) is 0 Å². The van der Waals surface area contributed by atoms with E-state index in [-0.39, 0.29) is 5.91 Å². The summed E-state index contributed by atoms with van der Waals surface area (Å²) in [7, 11) is 0. The summed E-state index contributed by atoms with van der Waals surface area (Å²) in [6.07, 6.45) is 3.36. The largest absolute Gasteiger partial charge is 0.294 e. The summed E-state index contributed by atoms with van der Waals surface area (Å²) in [5.74, 6) is -0.259. The molecule has 0 bridgehead atoms. The monoisotopic (exact) mass is 328 g/mol. The molecule has 3 rings (SSSR count). The highest BCUT2D eigenvalue weighted by Gasteiger charge is 2.31. The maximum atomic E-state index is 12.6. The molecule has 3 nitrogen and oxygen atoms in total. The average Bonchev–Trinajstić information content (AvgIpc) is 2.57. The number of rotatable bonds is 1. The Bertz CT molecular complexity index is 809. The number of hydrogen-bond donors (Lipinski definition) is 0. The van der Waals surface area contributed by atoms with E-state index < -0.39 is 6.04 Å². The Morgan fingerprint density at radius 1 is 1.14 bits per heavy atom. The van der Waals surface area contributed by atoms with Crippen molar-refractivity contribution < 1.29 is 4.79 Å². The van der Waals surface area contributed by atoms with Crippen LogP contribution in [0.2, 0.25) is 10.0 Å². The van der Waals surface area contributed by atoms with Gasteiger partial charge in [-0.2, -0.15) is 5.26 Å². The van der Waals surface area contributed by atoms with Crippen LogP contribution in [0.1, 0.15) is 27.5 Å². The highest BCUT2D eigenvalue weighted by molar-refractivity contribution is 6.42. The lowest BCUT2D eigenvalue weighted by Gasteiger charge is -2.29. The fourth-order valence-electron chi connectivity index (χ4n) is 2.43. The Labute approximate surface area is 138 Å². The van der Waals surface area contributed by atoms with Gasteiger partial charge in [0.15, 0.2) is 6.04 Å². The van der Waals surface area contributed by atoms with Gasteiger partial charge in [0.25, 0.3) is 5.91 Å². The van der Waals surface area contributed by atoms with Crippen LogP contribution in [0.15, 0.2) is 48.7 Å². The molecule has 0 N–H and O–H groups in total. The minimum atomic E-state index is -0.807. The zero-order valence-corrected chi connectivity index (χ0v) is 12.8. The molecule has 0 saturated heterocycles. The Morgan fingerprint density at radius 3 is 2.55 bits per heavy atom. The van der Waals surface area contributed by atoms with Gasteiger partial charge in [-0.1, -0.05) is 47.5 Å². The fraction of sp³-hybridized carbons (Fsp3) is 0.0588. The molecule has 1 amide bonds. The van der Waals surface area contributed by atoms with Crippen molar-refractivity contribution in [3.05, 3.63) is 75.4 Å². The van der Waals surface area contributed by atoms with Gasteiger partial charge in [0.2, 0.25) is 0 Å². The SMILES string of the molecule is N#CC1c2c(ccc(Cl)c2Cl)C=CN1C(=O)c1ccccc1. The van der Waals surface area contributed by atoms with E-state index in [9.17, 15) is 10.1 Å². The maximum absolute atomic E-state index is 12.6. The molecular formula is C17H10Cl2N2O. The summed E-state index contributed by atoms with van der Waals surface area (Å²) >= 11 is 12.3. The predicted octanol–water partition coefficient (Wildman–Crippen LogP) is 4.68. The Morgan fingerprint density at radius 2 is 1.86 bits per heavy atom. The first-order valence-electron chi connectivity index (χ1n) is 6.57. The molecule has 1 heterocycles. The first kappa shape index (κ1) is 14.6. The van der Waals surface area contributed by atoms with Crippen molar-refractivity contribution in [2.75, 3.05) is 0 Å². The second-order valence-electron chi connectivity index (χ2n) is 4.79. The van der Waals surface area contributed by atoms with Crippen LogP contribution in [0.5, 0.6) is 0 Å². The lowest BCUT2D eigenvalue weighted by atomic mass is 9.96.